The van der Waals surface area contributed by atoms with E-state index in [4.69, 9.17) is 0 Å². The number of benzene rings is 1. The normalized spacial score (nSPS) is 10.7. The zero-order valence-electron chi connectivity index (χ0n) is 6.62. The fourth-order valence-electron chi connectivity index (χ4n) is 0.673. The first-order valence-corrected chi connectivity index (χ1v) is 4.22. The molecule has 1 rings (SSSR count). The Morgan fingerprint density at radius 1 is 1.08 bits per heavy atom. The molecule has 1 aromatic rings. The maximum absolute atomic E-state index is 12.3. The zero-order valence-corrected chi connectivity index (χ0v) is 9.44. The van der Waals surface area contributed by atoms with Gasteiger partial charge in [-0.15, -0.1) is 0 Å². The second kappa shape index (κ2) is 4.47. The molecule has 0 aliphatic heterocycles. The molecule has 0 heterocycles. The molecular weight excluding hydrogens is 213 g/mol. The van der Waals surface area contributed by atoms with Crippen LogP contribution in [0.25, 0.3) is 0 Å². The summed E-state index contributed by atoms with van der Waals surface area (Å²) in [6.45, 7) is 0. The van der Waals surface area contributed by atoms with Gasteiger partial charge in [0.05, 0.1) is 4.90 Å². The van der Waals surface area contributed by atoms with Gasteiger partial charge in [0.1, 0.15) is 21.8 Å². The SMILES string of the molecule is O=S(=O)([O-])c1cc(F)cc(F)c1.[Na+]. The summed E-state index contributed by atoms with van der Waals surface area (Å²) in [6.07, 6.45) is 0. The van der Waals surface area contributed by atoms with Crippen LogP contribution in [0.1, 0.15) is 0 Å². The summed E-state index contributed by atoms with van der Waals surface area (Å²) in [5.41, 5.74) is 0. The van der Waals surface area contributed by atoms with Crippen LogP contribution in [0.4, 0.5) is 8.78 Å². The van der Waals surface area contributed by atoms with E-state index in [2.05, 4.69) is 0 Å². The molecule has 13 heavy (non-hydrogen) atoms. The van der Waals surface area contributed by atoms with Crippen molar-refractivity contribution in [1.29, 1.82) is 0 Å². The molecule has 0 amide bonds. The quantitative estimate of drug-likeness (QED) is 0.398. The van der Waals surface area contributed by atoms with Gasteiger partial charge in [-0.05, 0) is 12.1 Å². The fraction of sp³-hybridized carbons (Fsp3) is 0. The molecule has 0 saturated heterocycles. The van der Waals surface area contributed by atoms with Gasteiger partial charge in [0.15, 0.2) is 0 Å². The average molecular weight is 216 g/mol. The molecular formula is C6H3F2NaO3S. The predicted octanol–water partition coefficient (Wildman–Crippen LogP) is -2.13. The summed E-state index contributed by atoms with van der Waals surface area (Å²) >= 11 is 0. The predicted molar refractivity (Wildman–Crippen MR) is 34.3 cm³/mol. The molecule has 0 unspecified atom stereocenters. The van der Waals surface area contributed by atoms with Crippen molar-refractivity contribution in [2.24, 2.45) is 0 Å². The third-order valence-electron chi connectivity index (χ3n) is 1.12. The number of hydrogen-bond acceptors (Lipinski definition) is 3. The van der Waals surface area contributed by atoms with Crippen LogP contribution >= 0.6 is 0 Å². The fourth-order valence-corrected chi connectivity index (χ4v) is 1.19. The Bertz CT molecular complexity index is 384. The van der Waals surface area contributed by atoms with Gasteiger partial charge in [-0.2, -0.15) is 0 Å². The topological polar surface area (TPSA) is 57.2 Å². The molecule has 0 aromatic heterocycles. The maximum Gasteiger partial charge on any atom is 1.00 e. The van der Waals surface area contributed by atoms with Crippen molar-refractivity contribution in [3.63, 3.8) is 0 Å². The van der Waals surface area contributed by atoms with Crippen LogP contribution in [-0.2, 0) is 10.1 Å². The van der Waals surface area contributed by atoms with Crippen molar-refractivity contribution in [2.75, 3.05) is 0 Å². The van der Waals surface area contributed by atoms with Gasteiger partial charge in [0.25, 0.3) is 0 Å². The molecule has 3 nitrogen and oxygen atoms in total. The third kappa shape index (κ3) is 3.70. The van der Waals surface area contributed by atoms with E-state index in [1.54, 1.807) is 0 Å². The van der Waals surface area contributed by atoms with Crippen molar-refractivity contribution in [3.8, 4) is 0 Å². The molecule has 0 bridgehead atoms. The number of rotatable bonds is 1. The Morgan fingerprint density at radius 3 is 1.77 bits per heavy atom. The molecule has 7 heteroatoms. The molecule has 0 aliphatic rings. The van der Waals surface area contributed by atoms with Crippen molar-refractivity contribution in [1.82, 2.24) is 0 Å². The molecule has 0 atom stereocenters. The van der Waals surface area contributed by atoms with E-state index in [0.717, 1.165) is 0 Å². The summed E-state index contributed by atoms with van der Waals surface area (Å²) < 4.78 is 55.4. The van der Waals surface area contributed by atoms with Gasteiger partial charge in [0.2, 0.25) is 0 Å². The first-order valence-electron chi connectivity index (χ1n) is 2.81. The van der Waals surface area contributed by atoms with Gasteiger partial charge in [-0.25, -0.2) is 17.2 Å². The molecule has 0 spiro atoms. The van der Waals surface area contributed by atoms with Crippen LogP contribution < -0.4 is 29.6 Å². The summed E-state index contributed by atoms with van der Waals surface area (Å²) in [4.78, 5) is -0.903. The summed E-state index contributed by atoms with van der Waals surface area (Å²) in [5, 5.41) is 0. The van der Waals surface area contributed by atoms with Gasteiger partial charge in [-0.1, -0.05) is 0 Å². The molecule has 1 aromatic carbocycles. The minimum Gasteiger partial charge on any atom is -0.744 e. The van der Waals surface area contributed by atoms with Crippen LogP contribution in [0.15, 0.2) is 23.1 Å². The van der Waals surface area contributed by atoms with Gasteiger partial charge in [-0.3, -0.25) is 0 Å². The number of hydrogen-bond donors (Lipinski definition) is 0. The van der Waals surface area contributed by atoms with Crippen molar-refractivity contribution in [3.05, 3.63) is 29.8 Å². The Balaban J connectivity index is 0.00000144. The summed E-state index contributed by atoms with van der Waals surface area (Å²) in [7, 11) is -4.78. The summed E-state index contributed by atoms with van der Waals surface area (Å²) in [5.74, 6) is -2.19. The smallest absolute Gasteiger partial charge is 0.744 e. The molecule has 0 radical (unpaired) electrons. The second-order valence-corrected chi connectivity index (χ2v) is 3.44. The first-order chi connectivity index (χ1) is 5.39. The van der Waals surface area contributed by atoms with E-state index in [9.17, 15) is 21.8 Å². The van der Waals surface area contributed by atoms with Crippen LogP contribution in [0.5, 0.6) is 0 Å². The second-order valence-electron chi connectivity index (χ2n) is 2.06. The average Bonchev–Trinajstić information content (AvgIpc) is 1.82. The monoisotopic (exact) mass is 216 g/mol. The Morgan fingerprint density at radius 2 is 1.46 bits per heavy atom. The maximum atomic E-state index is 12.3. The van der Waals surface area contributed by atoms with E-state index in [1.165, 1.54) is 0 Å². The summed E-state index contributed by atoms with van der Waals surface area (Å²) in [6, 6.07) is 1.41. The van der Waals surface area contributed by atoms with E-state index in [0.29, 0.717) is 18.2 Å². The van der Waals surface area contributed by atoms with Crippen molar-refractivity contribution in [2.45, 2.75) is 4.90 Å². The minimum absolute atomic E-state index is 0. The number of halogens is 2. The molecule has 0 saturated carbocycles. The van der Waals surface area contributed by atoms with Crippen LogP contribution in [0.3, 0.4) is 0 Å². The van der Waals surface area contributed by atoms with E-state index in [1.807, 2.05) is 0 Å². The van der Waals surface area contributed by atoms with Crippen LogP contribution in [0, 0.1) is 11.6 Å². The molecule has 0 aliphatic carbocycles. The zero-order chi connectivity index (χ0) is 9.35. The Labute approximate surface area is 95.8 Å². The standard InChI is InChI=1S/C6H4F2O3S.Na/c7-4-1-5(8)3-6(2-4)12(9,10)11;/h1-3H,(H,9,10,11);/q;+1/p-1. The Kier molecular flexibility index (Phi) is 4.47. The van der Waals surface area contributed by atoms with Crippen LogP contribution in [0.2, 0.25) is 0 Å². The minimum atomic E-state index is -4.78. The van der Waals surface area contributed by atoms with Crippen LogP contribution in [-0.4, -0.2) is 13.0 Å². The van der Waals surface area contributed by atoms with E-state index >= 15 is 0 Å². The van der Waals surface area contributed by atoms with Gasteiger partial charge in [0, 0.05) is 6.07 Å². The largest absolute Gasteiger partial charge is 1.00 e. The first kappa shape index (κ1) is 13.0. The van der Waals surface area contributed by atoms with Crippen molar-refractivity contribution >= 4 is 10.1 Å². The van der Waals surface area contributed by atoms with Gasteiger partial charge < -0.3 is 4.55 Å². The van der Waals surface area contributed by atoms with Gasteiger partial charge >= 0.3 is 29.6 Å². The Hall–Kier alpha value is -0.0100. The molecule has 0 N–H and O–H groups in total. The van der Waals surface area contributed by atoms with E-state index in [-0.39, 0.29) is 29.6 Å². The van der Waals surface area contributed by atoms with Crippen molar-refractivity contribution < 1.29 is 51.3 Å². The van der Waals surface area contributed by atoms with E-state index < -0.39 is 26.6 Å². The molecule has 0 fully saturated rings. The molecule has 66 valence electrons. The third-order valence-corrected chi connectivity index (χ3v) is 1.94.